The molecule has 142 valence electrons. The molecule has 0 unspecified atom stereocenters. The Labute approximate surface area is 156 Å². The monoisotopic (exact) mass is 388 g/mol. The first-order valence-electron chi connectivity index (χ1n) is 8.55. The Morgan fingerprint density at radius 1 is 1.12 bits per heavy atom. The molecule has 0 bridgehead atoms. The first kappa shape index (κ1) is 21.8. The van der Waals surface area contributed by atoms with Crippen molar-refractivity contribution in [3.8, 4) is 0 Å². The van der Waals surface area contributed by atoms with Gasteiger partial charge in [0.15, 0.2) is 0 Å². The Kier molecular flexibility index (Phi) is 8.22. The van der Waals surface area contributed by atoms with Crippen molar-refractivity contribution in [1.82, 2.24) is 5.32 Å². The van der Waals surface area contributed by atoms with Gasteiger partial charge in [-0.05, 0) is 42.5 Å². The lowest BCUT2D eigenvalue weighted by Crippen LogP contribution is -2.42. The number of amides is 1. The highest BCUT2D eigenvalue weighted by atomic mass is 35.5. The number of hydrogen-bond acceptors (Lipinski definition) is 3. The molecule has 0 saturated carbocycles. The average Bonchev–Trinajstić information content (AvgIpc) is 2.48. The lowest BCUT2D eigenvalue weighted by Gasteiger charge is -2.26. The number of rotatable bonds is 9. The van der Waals surface area contributed by atoms with Gasteiger partial charge in [0.1, 0.15) is 0 Å². The zero-order valence-corrected chi connectivity index (χ0v) is 17.2. The average molecular weight is 389 g/mol. The molecule has 0 radical (unpaired) electrons. The predicted octanol–water partition coefficient (Wildman–Crippen LogP) is 3.68. The predicted molar refractivity (Wildman–Crippen MR) is 104 cm³/mol. The maximum Gasteiger partial charge on any atom is 0.232 e. The van der Waals surface area contributed by atoms with Gasteiger partial charge in [0.25, 0.3) is 0 Å². The second-order valence-corrected chi connectivity index (χ2v) is 9.34. The van der Waals surface area contributed by atoms with Crippen LogP contribution in [0.15, 0.2) is 24.3 Å². The SMILES string of the molecule is CC(C)C(NC(=O)CCCN(c1ccc(Cl)cc1)S(C)(=O)=O)C(C)C. The van der Waals surface area contributed by atoms with Gasteiger partial charge >= 0.3 is 0 Å². The fraction of sp³-hybridized carbons (Fsp3) is 0.611. The highest BCUT2D eigenvalue weighted by Crippen LogP contribution is 2.21. The number of benzene rings is 1. The van der Waals surface area contributed by atoms with E-state index in [1.165, 1.54) is 4.31 Å². The van der Waals surface area contributed by atoms with Gasteiger partial charge in [-0.2, -0.15) is 0 Å². The van der Waals surface area contributed by atoms with Crippen LogP contribution >= 0.6 is 11.6 Å². The summed E-state index contributed by atoms with van der Waals surface area (Å²) in [5, 5.41) is 3.60. The normalized spacial score (nSPS) is 12.0. The third-order valence-electron chi connectivity index (χ3n) is 4.04. The van der Waals surface area contributed by atoms with E-state index in [-0.39, 0.29) is 24.9 Å². The largest absolute Gasteiger partial charge is 0.353 e. The summed E-state index contributed by atoms with van der Waals surface area (Å²) in [7, 11) is -3.42. The van der Waals surface area contributed by atoms with Gasteiger partial charge in [-0.3, -0.25) is 9.10 Å². The van der Waals surface area contributed by atoms with E-state index in [1.807, 2.05) is 0 Å². The summed E-state index contributed by atoms with van der Waals surface area (Å²) < 4.78 is 25.4. The van der Waals surface area contributed by atoms with Crippen LogP contribution in [0.1, 0.15) is 40.5 Å². The smallest absolute Gasteiger partial charge is 0.232 e. The van der Waals surface area contributed by atoms with E-state index in [0.29, 0.717) is 29.0 Å². The number of nitrogens with zero attached hydrogens (tertiary/aromatic N) is 1. The van der Waals surface area contributed by atoms with Crippen molar-refractivity contribution in [2.24, 2.45) is 11.8 Å². The van der Waals surface area contributed by atoms with E-state index in [9.17, 15) is 13.2 Å². The van der Waals surface area contributed by atoms with Gasteiger partial charge in [-0.15, -0.1) is 0 Å². The summed E-state index contributed by atoms with van der Waals surface area (Å²) in [6.07, 6.45) is 1.90. The number of nitrogens with one attached hydrogen (secondary N) is 1. The van der Waals surface area contributed by atoms with Gasteiger partial charge in [-0.25, -0.2) is 8.42 Å². The van der Waals surface area contributed by atoms with Crippen molar-refractivity contribution in [3.05, 3.63) is 29.3 Å². The van der Waals surface area contributed by atoms with Gasteiger partial charge in [-0.1, -0.05) is 39.3 Å². The number of carbonyl (C=O) groups is 1. The Hall–Kier alpha value is -1.27. The lowest BCUT2D eigenvalue weighted by molar-refractivity contribution is -0.122. The van der Waals surface area contributed by atoms with Crippen molar-refractivity contribution in [2.45, 2.75) is 46.6 Å². The van der Waals surface area contributed by atoms with Crippen LogP contribution in [0.3, 0.4) is 0 Å². The molecule has 0 atom stereocenters. The first-order chi connectivity index (χ1) is 11.5. The Morgan fingerprint density at radius 3 is 2.08 bits per heavy atom. The van der Waals surface area contributed by atoms with Gasteiger partial charge < -0.3 is 5.32 Å². The van der Waals surface area contributed by atoms with Gasteiger partial charge in [0, 0.05) is 24.0 Å². The fourth-order valence-corrected chi connectivity index (χ4v) is 3.93. The van der Waals surface area contributed by atoms with Crippen molar-refractivity contribution in [1.29, 1.82) is 0 Å². The maximum atomic E-state index is 12.2. The quantitative estimate of drug-likeness (QED) is 0.701. The minimum absolute atomic E-state index is 0.0445. The molecule has 7 heteroatoms. The van der Waals surface area contributed by atoms with E-state index in [2.05, 4.69) is 33.0 Å². The summed E-state index contributed by atoms with van der Waals surface area (Å²) in [6, 6.07) is 6.75. The minimum Gasteiger partial charge on any atom is -0.353 e. The van der Waals surface area contributed by atoms with E-state index in [1.54, 1.807) is 24.3 Å². The van der Waals surface area contributed by atoms with Crippen molar-refractivity contribution in [3.63, 3.8) is 0 Å². The third kappa shape index (κ3) is 7.24. The summed E-state index contributed by atoms with van der Waals surface area (Å²) in [4.78, 5) is 12.2. The van der Waals surface area contributed by atoms with E-state index in [4.69, 9.17) is 11.6 Å². The molecule has 1 aromatic rings. The van der Waals surface area contributed by atoms with E-state index >= 15 is 0 Å². The van der Waals surface area contributed by atoms with Crippen molar-refractivity contribution in [2.75, 3.05) is 17.1 Å². The third-order valence-corrected chi connectivity index (χ3v) is 5.49. The molecule has 5 nitrogen and oxygen atoms in total. The fourth-order valence-electron chi connectivity index (χ4n) is 2.84. The van der Waals surface area contributed by atoms with Crippen LogP contribution in [0, 0.1) is 11.8 Å². The molecule has 0 heterocycles. The minimum atomic E-state index is -3.42. The molecule has 0 aliphatic carbocycles. The van der Waals surface area contributed by atoms with Crippen LogP contribution in [-0.2, 0) is 14.8 Å². The van der Waals surface area contributed by atoms with Crippen LogP contribution in [0.4, 0.5) is 5.69 Å². The molecule has 1 rings (SSSR count). The summed E-state index contributed by atoms with van der Waals surface area (Å²) >= 11 is 5.86. The van der Waals surface area contributed by atoms with Crippen LogP contribution in [-0.4, -0.2) is 33.2 Å². The summed E-state index contributed by atoms with van der Waals surface area (Å²) in [6.45, 7) is 8.57. The summed E-state index contributed by atoms with van der Waals surface area (Å²) in [5.74, 6) is 0.660. The van der Waals surface area contributed by atoms with Crippen molar-refractivity contribution < 1.29 is 13.2 Å². The Bertz CT molecular complexity index is 649. The summed E-state index contributed by atoms with van der Waals surface area (Å²) in [5.41, 5.74) is 0.551. The molecule has 1 amide bonds. The number of carbonyl (C=O) groups excluding carboxylic acids is 1. The standard InChI is InChI=1S/C18H29ClN2O3S/c1-13(2)18(14(3)4)20-17(22)7-6-12-21(25(5,23)24)16-10-8-15(19)9-11-16/h8-11,13-14,18H,6-7,12H2,1-5H3,(H,20,22). The highest BCUT2D eigenvalue weighted by Gasteiger charge is 2.21. The van der Waals surface area contributed by atoms with Crippen LogP contribution < -0.4 is 9.62 Å². The molecule has 1 N–H and O–H groups in total. The molecular formula is C18H29ClN2O3S. The van der Waals surface area contributed by atoms with Gasteiger partial charge in [0.2, 0.25) is 15.9 Å². The molecule has 0 fully saturated rings. The number of hydrogen-bond donors (Lipinski definition) is 1. The Balaban J connectivity index is 2.66. The number of anilines is 1. The molecular weight excluding hydrogens is 360 g/mol. The maximum absolute atomic E-state index is 12.2. The molecule has 0 spiro atoms. The topological polar surface area (TPSA) is 66.5 Å². The number of sulfonamides is 1. The zero-order valence-electron chi connectivity index (χ0n) is 15.6. The van der Waals surface area contributed by atoms with Crippen LogP contribution in [0.5, 0.6) is 0 Å². The lowest BCUT2D eigenvalue weighted by atomic mass is 9.93. The zero-order chi connectivity index (χ0) is 19.2. The Morgan fingerprint density at radius 2 is 1.64 bits per heavy atom. The van der Waals surface area contributed by atoms with Crippen molar-refractivity contribution >= 4 is 33.2 Å². The highest BCUT2D eigenvalue weighted by molar-refractivity contribution is 7.92. The second kappa shape index (κ2) is 9.43. The molecule has 0 aliphatic heterocycles. The molecule has 25 heavy (non-hydrogen) atoms. The molecule has 0 aromatic heterocycles. The van der Waals surface area contributed by atoms with E-state index < -0.39 is 10.0 Å². The second-order valence-electron chi connectivity index (χ2n) is 7.00. The van der Waals surface area contributed by atoms with E-state index in [0.717, 1.165) is 6.26 Å². The first-order valence-corrected chi connectivity index (χ1v) is 10.8. The van der Waals surface area contributed by atoms with Crippen LogP contribution in [0.25, 0.3) is 0 Å². The molecule has 0 aliphatic rings. The molecule has 0 saturated heterocycles. The molecule has 1 aromatic carbocycles. The number of halogens is 1. The van der Waals surface area contributed by atoms with Gasteiger partial charge in [0.05, 0.1) is 11.9 Å². The van der Waals surface area contributed by atoms with Crippen LogP contribution in [0.2, 0.25) is 5.02 Å².